The zero-order valence-corrected chi connectivity index (χ0v) is 11.6. The van der Waals surface area contributed by atoms with E-state index < -0.39 is 0 Å². The van der Waals surface area contributed by atoms with Gasteiger partial charge in [-0.2, -0.15) is 0 Å². The maximum absolute atomic E-state index is 11.9. The minimum atomic E-state index is 0.267. The van der Waals surface area contributed by atoms with Gasteiger partial charge < -0.3 is 15.5 Å². The summed E-state index contributed by atoms with van der Waals surface area (Å²) in [5.74, 6) is 1.03. The number of carbonyl (C=O) groups is 1. The number of carbonyl (C=O) groups excluding carboxylic acids is 1. The molecule has 0 aliphatic carbocycles. The van der Waals surface area contributed by atoms with Crippen molar-refractivity contribution >= 4 is 5.91 Å². The van der Waals surface area contributed by atoms with E-state index in [4.69, 9.17) is 0 Å². The van der Waals surface area contributed by atoms with E-state index in [1.54, 1.807) is 0 Å². The van der Waals surface area contributed by atoms with Crippen LogP contribution in [0.3, 0.4) is 0 Å². The van der Waals surface area contributed by atoms with Crippen molar-refractivity contribution in [2.45, 2.75) is 44.6 Å². The number of hydrogen-bond donors (Lipinski definition) is 2. The summed E-state index contributed by atoms with van der Waals surface area (Å²) in [7, 11) is 2.15. The Hall–Kier alpha value is -0.610. The van der Waals surface area contributed by atoms with Crippen molar-refractivity contribution in [3.8, 4) is 0 Å². The molecule has 0 atom stereocenters. The zero-order chi connectivity index (χ0) is 12.8. The van der Waals surface area contributed by atoms with E-state index in [2.05, 4.69) is 22.6 Å². The first kappa shape index (κ1) is 13.8. The maximum atomic E-state index is 11.9. The van der Waals surface area contributed by atoms with Gasteiger partial charge in [0.15, 0.2) is 0 Å². The molecule has 104 valence electrons. The summed E-state index contributed by atoms with van der Waals surface area (Å²) in [5, 5.41) is 6.56. The molecule has 18 heavy (non-hydrogen) atoms. The van der Waals surface area contributed by atoms with Crippen molar-refractivity contribution in [3.05, 3.63) is 0 Å². The molecule has 0 bridgehead atoms. The van der Waals surface area contributed by atoms with E-state index in [1.165, 1.54) is 12.8 Å². The standard InChI is InChI=1S/C14H27N3O/c1-17-10-6-13(7-11-17)16-14(18)3-2-12-4-8-15-9-5-12/h12-13,15H,2-11H2,1H3,(H,16,18). The molecule has 2 aliphatic heterocycles. The van der Waals surface area contributed by atoms with Crippen molar-refractivity contribution < 1.29 is 4.79 Å². The molecule has 0 saturated carbocycles. The van der Waals surface area contributed by atoms with Crippen LogP contribution in [0.25, 0.3) is 0 Å². The van der Waals surface area contributed by atoms with Crippen LogP contribution in [-0.4, -0.2) is 50.1 Å². The highest BCUT2D eigenvalue weighted by atomic mass is 16.1. The molecule has 1 amide bonds. The van der Waals surface area contributed by atoms with Crippen LogP contribution in [0, 0.1) is 5.92 Å². The van der Waals surface area contributed by atoms with Crippen molar-refractivity contribution in [3.63, 3.8) is 0 Å². The third kappa shape index (κ3) is 4.58. The molecule has 4 nitrogen and oxygen atoms in total. The topological polar surface area (TPSA) is 44.4 Å². The molecule has 0 aromatic rings. The Balaban J connectivity index is 1.59. The number of hydrogen-bond acceptors (Lipinski definition) is 3. The lowest BCUT2D eigenvalue weighted by Gasteiger charge is -2.29. The lowest BCUT2D eigenvalue weighted by atomic mass is 9.93. The highest BCUT2D eigenvalue weighted by molar-refractivity contribution is 5.76. The molecular formula is C14H27N3O. The van der Waals surface area contributed by atoms with E-state index >= 15 is 0 Å². The summed E-state index contributed by atoms with van der Waals surface area (Å²) in [6, 6.07) is 0.418. The van der Waals surface area contributed by atoms with Crippen molar-refractivity contribution in [2.75, 3.05) is 33.2 Å². The van der Waals surface area contributed by atoms with Gasteiger partial charge in [0.25, 0.3) is 0 Å². The highest BCUT2D eigenvalue weighted by Crippen LogP contribution is 2.17. The zero-order valence-electron chi connectivity index (χ0n) is 11.6. The first-order valence-electron chi connectivity index (χ1n) is 7.42. The van der Waals surface area contributed by atoms with Gasteiger partial charge in [0, 0.05) is 12.5 Å². The minimum Gasteiger partial charge on any atom is -0.353 e. The summed E-state index contributed by atoms with van der Waals surface area (Å²) in [6.45, 7) is 4.47. The van der Waals surface area contributed by atoms with Gasteiger partial charge in [-0.15, -0.1) is 0 Å². The molecule has 2 N–H and O–H groups in total. The van der Waals surface area contributed by atoms with Crippen LogP contribution >= 0.6 is 0 Å². The largest absolute Gasteiger partial charge is 0.353 e. The summed E-state index contributed by atoms with van der Waals surface area (Å²) >= 11 is 0. The first-order chi connectivity index (χ1) is 8.74. The smallest absolute Gasteiger partial charge is 0.220 e. The molecule has 0 aromatic carbocycles. The number of nitrogens with zero attached hydrogens (tertiary/aromatic N) is 1. The SMILES string of the molecule is CN1CCC(NC(=O)CCC2CCNCC2)CC1. The first-order valence-corrected chi connectivity index (χ1v) is 7.42. The van der Waals surface area contributed by atoms with Crippen LogP contribution in [0.15, 0.2) is 0 Å². The number of piperidine rings is 2. The molecular weight excluding hydrogens is 226 g/mol. The Morgan fingerprint density at radius 3 is 2.56 bits per heavy atom. The molecule has 2 fully saturated rings. The summed E-state index contributed by atoms with van der Waals surface area (Å²) in [5.41, 5.74) is 0. The monoisotopic (exact) mass is 253 g/mol. The normalized spacial score (nSPS) is 24.1. The van der Waals surface area contributed by atoms with Crippen molar-refractivity contribution in [1.29, 1.82) is 0 Å². The molecule has 0 radical (unpaired) electrons. The van der Waals surface area contributed by atoms with Gasteiger partial charge in [0.2, 0.25) is 5.91 Å². The van der Waals surface area contributed by atoms with Gasteiger partial charge >= 0.3 is 0 Å². The predicted molar refractivity (Wildman–Crippen MR) is 73.5 cm³/mol. The summed E-state index contributed by atoms with van der Waals surface area (Å²) < 4.78 is 0. The Kier molecular flexibility index (Phi) is 5.45. The molecule has 2 saturated heterocycles. The van der Waals surface area contributed by atoms with Crippen LogP contribution in [0.4, 0.5) is 0 Å². The Labute approximate surface area is 110 Å². The van der Waals surface area contributed by atoms with Gasteiger partial charge in [0.1, 0.15) is 0 Å². The van der Waals surface area contributed by atoms with E-state index in [1.807, 2.05) is 0 Å². The van der Waals surface area contributed by atoms with Crippen molar-refractivity contribution in [1.82, 2.24) is 15.5 Å². The quantitative estimate of drug-likeness (QED) is 0.785. The Morgan fingerprint density at radius 1 is 1.22 bits per heavy atom. The molecule has 2 heterocycles. The second kappa shape index (κ2) is 7.10. The average Bonchev–Trinajstić information content (AvgIpc) is 2.40. The fraction of sp³-hybridized carbons (Fsp3) is 0.929. The van der Waals surface area contributed by atoms with Crippen LogP contribution in [0.1, 0.15) is 38.5 Å². The van der Waals surface area contributed by atoms with Gasteiger partial charge in [-0.1, -0.05) is 0 Å². The molecule has 0 unspecified atom stereocenters. The Morgan fingerprint density at radius 2 is 1.89 bits per heavy atom. The van der Waals surface area contributed by atoms with Gasteiger partial charge in [0.05, 0.1) is 0 Å². The van der Waals surface area contributed by atoms with Gasteiger partial charge in [-0.25, -0.2) is 0 Å². The number of likely N-dealkylation sites (tertiary alicyclic amines) is 1. The van der Waals surface area contributed by atoms with E-state index in [-0.39, 0.29) is 5.91 Å². The van der Waals surface area contributed by atoms with Crippen LogP contribution in [0.5, 0.6) is 0 Å². The van der Waals surface area contributed by atoms with E-state index in [0.717, 1.165) is 57.8 Å². The third-order valence-electron chi connectivity index (χ3n) is 4.32. The lowest BCUT2D eigenvalue weighted by molar-refractivity contribution is -0.122. The maximum Gasteiger partial charge on any atom is 0.220 e. The number of nitrogens with one attached hydrogen (secondary N) is 2. The Bertz CT molecular complexity index is 256. The van der Waals surface area contributed by atoms with E-state index in [9.17, 15) is 4.79 Å². The fourth-order valence-electron chi connectivity index (χ4n) is 2.96. The van der Waals surface area contributed by atoms with Crippen LogP contribution < -0.4 is 10.6 Å². The minimum absolute atomic E-state index is 0.267. The second-order valence-corrected chi connectivity index (χ2v) is 5.88. The average molecular weight is 253 g/mol. The molecule has 4 heteroatoms. The van der Waals surface area contributed by atoms with Gasteiger partial charge in [-0.05, 0) is 71.2 Å². The highest BCUT2D eigenvalue weighted by Gasteiger charge is 2.19. The lowest BCUT2D eigenvalue weighted by Crippen LogP contribution is -2.43. The molecule has 0 spiro atoms. The predicted octanol–water partition coefficient (Wildman–Crippen LogP) is 0.977. The van der Waals surface area contributed by atoms with Crippen LogP contribution in [-0.2, 0) is 4.79 Å². The number of rotatable bonds is 4. The van der Waals surface area contributed by atoms with E-state index in [0.29, 0.717) is 6.04 Å². The third-order valence-corrected chi connectivity index (χ3v) is 4.32. The second-order valence-electron chi connectivity index (χ2n) is 5.88. The summed E-state index contributed by atoms with van der Waals surface area (Å²) in [4.78, 5) is 14.2. The fourth-order valence-corrected chi connectivity index (χ4v) is 2.96. The molecule has 2 rings (SSSR count). The molecule has 2 aliphatic rings. The number of amides is 1. The molecule has 0 aromatic heterocycles. The van der Waals surface area contributed by atoms with Crippen LogP contribution in [0.2, 0.25) is 0 Å². The van der Waals surface area contributed by atoms with Gasteiger partial charge in [-0.3, -0.25) is 4.79 Å². The summed E-state index contributed by atoms with van der Waals surface area (Å²) in [6.07, 6.45) is 6.48. The van der Waals surface area contributed by atoms with Crippen molar-refractivity contribution in [2.24, 2.45) is 5.92 Å².